The molecule has 2 rings (SSSR count). The van der Waals surface area contributed by atoms with Gasteiger partial charge in [0.1, 0.15) is 5.82 Å². The number of anilines is 1. The van der Waals surface area contributed by atoms with Gasteiger partial charge in [-0.3, -0.25) is 0 Å². The number of amides is 2. The number of aryl methyl sites for hydroxylation is 1. The number of nitrogens with two attached hydrogens (primary N) is 1. The number of piperidine rings is 1. The van der Waals surface area contributed by atoms with Crippen LogP contribution in [0, 0.1) is 12.7 Å². The number of halogens is 1. The Morgan fingerprint density at radius 2 is 2.33 bits per heavy atom. The van der Waals surface area contributed by atoms with E-state index in [-0.39, 0.29) is 17.8 Å². The largest absolute Gasteiger partial charge is 0.326 e. The van der Waals surface area contributed by atoms with Crippen LogP contribution in [0.25, 0.3) is 0 Å². The Hall–Kier alpha value is -1.62. The summed E-state index contributed by atoms with van der Waals surface area (Å²) in [4.78, 5) is 13.6. The molecule has 18 heavy (non-hydrogen) atoms. The molecule has 0 unspecified atom stereocenters. The van der Waals surface area contributed by atoms with Gasteiger partial charge in [0.25, 0.3) is 0 Å². The van der Waals surface area contributed by atoms with Crippen LogP contribution in [0.15, 0.2) is 18.2 Å². The number of carbonyl (C=O) groups excluding carboxylic acids is 1. The van der Waals surface area contributed by atoms with Crippen molar-refractivity contribution in [1.82, 2.24) is 4.90 Å². The molecule has 3 N–H and O–H groups in total. The number of benzene rings is 1. The summed E-state index contributed by atoms with van der Waals surface area (Å²) in [6.45, 7) is 3.00. The van der Waals surface area contributed by atoms with Gasteiger partial charge in [0.15, 0.2) is 0 Å². The average molecular weight is 251 g/mol. The van der Waals surface area contributed by atoms with Gasteiger partial charge in [0.2, 0.25) is 0 Å². The number of hydrogen-bond acceptors (Lipinski definition) is 2. The lowest BCUT2D eigenvalue weighted by Gasteiger charge is -2.30. The molecule has 0 saturated carbocycles. The Labute approximate surface area is 106 Å². The van der Waals surface area contributed by atoms with Crippen LogP contribution in [0.5, 0.6) is 0 Å². The highest BCUT2D eigenvalue weighted by atomic mass is 19.1. The first-order chi connectivity index (χ1) is 8.56. The predicted octanol–water partition coefficient (Wildman–Crippen LogP) is 2.09. The van der Waals surface area contributed by atoms with Crippen LogP contribution in [-0.4, -0.2) is 30.1 Å². The van der Waals surface area contributed by atoms with Crippen molar-refractivity contribution in [2.75, 3.05) is 18.4 Å². The molecule has 98 valence electrons. The number of nitrogens with zero attached hydrogens (tertiary/aromatic N) is 1. The predicted molar refractivity (Wildman–Crippen MR) is 68.9 cm³/mol. The lowest BCUT2D eigenvalue weighted by molar-refractivity contribution is 0.193. The summed E-state index contributed by atoms with van der Waals surface area (Å²) in [6, 6.07) is 4.48. The zero-order chi connectivity index (χ0) is 13.1. The lowest BCUT2D eigenvalue weighted by Crippen LogP contribution is -2.47. The van der Waals surface area contributed by atoms with Gasteiger partial charge in [-0.2, -0.15) is 0 Å². The second kappa shape index (κ2) is 5.35. The van der Waals surface area contributed by atoms with Gasteiger partial charge in [0.05, 0.1) is 5.69 Å². The van der Waals surface area contributed by atoms with Crippen molar-refractivity contribution in [3.8, 4) is 0 Å². The molecular formula is C13H18FN3O. The van der Waals surface area contributed by atoms with Crippen molar-refractivity contribution in [3.63, 3.8) is 0 Å². The lowest BCUT2D eigenvalue weighted by atomic mass is 10.1. The summed E-state index contributed by atoms with van der Waals surface area (Å²) in [7, 11) is 0. The van der Waals surface area contributed by atoms with E-state index in [2.05, 4.69) is 5.32 Å². The molecular weight excluding hydrogens is 233 g/mol. The fourth-order valence-corrected chi connectivity index (χ4v) is 2.11. The molecule has 1 aromatic rings. The van der Waals surface area contributed by atoms with Crippen LogP contribution in [0.2, 0.25) is 0 Å². The third-order valence-corrected chi connectivity index (χ3v) is 3.11. The number of nitrogens with one attached hydrogen (secondary N) is 1. The molecule has 0 bridgehead atoms. The van der Waals surface area contributed by atoms with Crippen LogP contribution in [0.4, 0.5) is 14.9 Å². The number of likely N-dealkylation sites (tertiary alicyclic amines) is 1. The summed E-state index contributed by atoms with van der Waals surface area (Å²) in [5, 5.41) is 2.58. The van der Waals surface area contributed by atoms with Crippen LogP contribution in [-0.2, 0) is 0 Å². The molecule has 0 spiro atoms. The van der Waals surface area contributed by atoms with E-state index < -0.39 is 5.82 Å². The molecule has 1 aliphatic heterocycles. The van der Waals surface area contributed by atoms with E-state index in [4.69, 9.17) is 5.73 Å². The maximum absolute atomic E-state index is 13.6. The second-order valence-electron chi connectivity index (χ2n) is 4.76. The smallest absolute Gasteiger partial charge is 0.321 e. The molecule has 0 aliphatic carbocycles. The molecule has 1 saturated heterocycles. The molecule has 1 aromatic carbocycles. The number of carbonyl (C=O) groups is 1. The monoisotopic (exact) mass is 251 g/mol. The van der Waals surface area contributed by atoms with Crippen molar-refractivity contribution in [2.24, 2.45) is 5.73 Å². The molecule has 1 fully saturated rings. The highest BCUT2D eigenvalue weighted by Gasteiger charge is 2.21. The maximum Gasteiger partial charge on any atom is 0.321 e. The van der Waals surface area contributed by atoms with E-state index in [9.17, 15) is 9.18 Å². The van der Waals surface area contributed by atoms with Gasteiger partial charge < -0.3 is 16.0 Å². The minimum Gasteiger partial charge on any atom is -0.326 e. The SMILES string of the molecule is Cc1ccc(NC(=O)N2CCC[C@H](N)C2)c(F)c1. The minimum atomic E-state index is -0.412. The van der Waals surface area contributed by atoms with Gasteiger partial charge in [0, 0.05) is 19.1 Å². The van der Waals surface area contributed by atoms with E-state index >= 15 is 0 Å². The van der Waals surface area contributed by atoms with Crippen LogP contribution >= 0.6 is 0 Å². The molecule has 4 nitrogen and oxygen atoms in total. The summed E-state index contributed by atoms with van der Waals surface area (Å²) in [5.41, 5.74) is 6.85. The Balaban J connectivity index is 2.02. The summed E-state index contributed by atoms with van der Waals surface area (Å²) >= 11 is 0. The normalized spacial score (nSPS) is 19.7. The summed E-state index contributed by atoms with van der Waals surface area (Å²) < 4.78 is 13.6. The highest BCUT2D eigenvalue weighted by Crippen LogP contribution is 2.17. The second-order valence-corrected chi connectivity index (χ2v) is 4.76. The molecule has 1 heterocycles. The van der Waals surface area contributed by atoms with Crippen LogP contribution < -0.4 is 11.1 Å². The first-order valence-corrected chi connectivity index (χ1v) is 6.14. The van der Waals surface area contributed by atoms with Gasteiger partial charge >= 0.3 is 6.03 Å². The zero-order valence-electron chi connectivity index (χ0n) is 10.4. The Morgan fingerprint density at radius 3 is 3.00 bits per heavy atom. The Kier molecular flexibility index (Phi) is 3.81. The fraction of sp³-hybridized carbons (Fsp3) is 0.462. The zero-order valence-corrected chi connectivity index (χ0v) is 10.4. The number of urea groups is 1. The standard InChI is InChI=1S/C13H18FN3O/c1-9-4-5-12(11(14)7-9)16-13(18)17-6-2-3-10(15)8-17/h4-5,7,10H,2-3,6,8,15H2,1H3,(H,16,18)/t10-/m0/s1. The molecule has 1 aliphatic rings. The first kappa shape index (κ1) is 12.8. The Morgan fingerprint density at radius 1 is 1.56 bits per heavy atom. The molecule has 0 radical (unpaired) electrons. The van der Waals surface area contributed by atoms with Crippen LogP contribution in [0.1, 0.15) is 18.4 Å². The van der Waals surface area contributed by atoms with Gasteiger partial charge in [-0.05, 0) is 37.5 Å². The van der Waals surface area contributed by atoms with Gasteiger partial charge in [-0.25, -0.2) is 9.18 Å². The van der Waals surface area contributed by atoms with Gasteiger partial charge in [-0.1, -0.05) is 6.07 Å². The first-order valence-electron chi connectivity index (χ1n) is 6.14. The van der Waals surface area contributed by atoms with E-state index in [1.165, 1.54) is 6.07 Å². The number of rotatable bonds is 1. The van der Waals surface area contributed by atoms with Crippen LogP contribution in [0.3, 0.4) is 0 Å². The van der Waals surface area contributed by atoms with E-state index in [1.807, 2.05) is 0 Å². The van der Waals surface area contributed by atoms with E-state index in [0.29, 0.717) is 13.1 Å². The molecule has 0 aromatic heterocycles. The fourth-order valence-electron chi connectivity index (χ4n) is 2.11. The minimum absolute atomic E-state index is 0.0207. The third-order valence-electron chi connectivity index (χ3n) is 3.11. The van der Waals surface area contributed by atoms with Gasteiger partial charge in [-0.15, -0.1) is 0 Å². The van der Waals surface area contributed by atoms with Crippen molar-refractivity contribution in [2.45, 2.75) is 25.8 Å². The maximum atomic E-state index is 13.6. The van der Waals surface area contributed by atoms with E-state index in [0.717, 1.165) is 18.4 Å². The van der Waals surface area contributed by atoms with Crippen molar-refractivity contribution < 1.29 is 9.18 Å². The molecule has 2 amide bonds. The highest BCUT2D eigenvalue weighted by molar-refractivity contribution is 5.89. The molecule has 5 heteroatoms. The Bertz CT molecular complexity index is 450. The third kappa shape index (κ3) is 2.98. The quantitative estimate of drug-likeness (QED) is 0.803. The van der Waals surface area contributed by atoms with Crippen molar-refractivity contribution >= 4 is 11.7 Å². The number of hydrogen-bond donors (Lipinski definition) is 2. The summed E-state index contributed by atoms with van der Waals surface area (Å²) in [5.74, 6) is -0.412. The summed E-state index contributed by atoms with van der Waals surface area (Å²) in [6.07, 6.45) is 1.83. The van der Waals surface area contributed by atoms with Crippen molar-refractivity contribution in [3.05, 3.63) is 29.6 Å². The topological polar surface area (TPSA) is 58.4 Å². The molecule has 1 atom stereocenters. The average Bonchev–Trinajstić information content (AvgIpc) is 2.32. The van der Waals surface area contributed by atoms with Crippen molar-refractivity contribution in [1.29, 1.82) is 0 Å². The van der Waals surface area contributed by atoms with E-state index in [1.54, 1.807) is 24.0 Å².